The van der Waals surface area contributed by atoms with Crippen LogP contribution in [0.4, 0.5) is 0 Å². The van der Waals surface area contributed by atoms with E-state index in [4.69, 9.17) is 0 Å². The van der Waals surface area contributed by atoms with Crippen LogP contribution in [0.5, 0.6) is 0 Å². The summed E-state index contributed by atoms with van der Waals surface area (Å²) in [6, 6.07) is 35.8. The third kappa shape index (κ3) is 3.34. The van der Waals surface area contributed by atoms with Crippen LogP contribution in [0, 0.1) is 0 Å². The summed E-state index contributed by atoms with van der Waals surface area (Å²) < 4.78 is 1.14. The van der Waals surface area contributed by atoms with Gasteiger partial charge in [0.1, 0.15) is 0 Å². The third-order valence-electron chi connectivity index (χ3n) is 6.83. The quantitative estimate of drug-likeness (QED) is 0.212. The van der Waals surface area contributed by atoms with Gasteiger partial charge in [0, 0.05) is 4.47 Å². The van der Waals surface area contributed by atoms with Crippen LogP contribution < -0.4 is 0 Å². The van der Waals surface area contributed by atoms with Crippen molar-refractivity contribution in [3.8, 4) is 22.3 Å². The molecule has 0 saturated carbocycles. The normalized spacial score (nSPS) is 12.2. The lowest BCUT2D eigenvalue weighted by Gasteiger charge is -2.20. The fourth-order valence-electron chi connectivity index (χ4n) is 5.06. The maximum absolute atomic E-state index is 3.89. The van der Waals surface area contributed by atoms with Crippen LogP contribution in [-0.4, -0.2) is 0 Å². The Labute approximate surface area is 203 Å². The average Bonchev–Trinajstić information content (AvgIpc) is 2.83. The van der Waals surface area contributed by atoms with Crippen LogP contribution >= 0.6 is 15.9 Å². The van der Waals surface area contributed by atoms with Crippen LogP contribution in [0.25, 0.3) is 54.6 Å². The van der Waals surface area contributed by atoms with Gasteiger partial charge in [-0.25, -0.2) is 0 Å². The molecule has 0 amide bonds. The van der Waals surface area contributed by atoms with Gasteiger partial charge in [-0.2, -0.15) is 0 Å². The molecule has 0 radical (unpaired) electrons. The van der Waals surface area contributed by atoms with Crippen molar-refractivity contribution in [1.29, 1.82) is 0 Å². The third-order valence-corrected chi connectivity index (χ3v) is 7.49. The highest BCUT2D eigenvalue weighted by Crippen LogP contribution is 2.44. The second-order valence-corrected chi connectivity index (χ2v) is 10.9. The zero-order chi connectivity index (χ0) is 22.7. The number of hydrogen-bond acceptors (Lipinski definition) is 0. The summed E-state index contributed by atoms with van der Waals surface area (Å²) in [5.74, 6) is 0. The molecule has 1 heteroatoms. The summed E-state index contributed by atoms with van der Waals surface area (Å²) in [6.07, 6.45) is 0. The van der Waals surface area contributed by atoms with Gasteiger partial charge in [-0.1, -0.05) is 116 Å². The molecule has 0 N–H and O–H groups in total. The number of benzene rings is 6. The first-order valence-electron chi connectivity index (χ1n) is 11.5. The van der Waals surface area contributed by atoms with E-state index in [-0.39, 0.29) is 5.41 Å². The van der Waals surface area contributed by atoms with Gasteiger partial charge >= 0.3 is 0 Å². The first-order chi connectivity index (χ1) is 15.9. The smallest absolute Gasteiger partial charge is 0.0260 e. The van der Waals surface area contributed by atoms with Crippen LogP contribution in [0.3, 0.4) is 0 Å². The van der Waals surface area contributed by atoms with Gasteiger partial charge < -0.3 is 0 Å². The SMILES string of the molecule is CC(C)(C)c1ccc(-c2cc(Br)c3ccc4cc(-c5ccccc5)cc5ccc2c3c45)cc1. The molecule has 0 aliphatic rings. The van der Waals surface area contributed by atoms with Crippen LogP contribution in [-0.2, 0) is 5.41 Å². The minimum absolute atomic E-state index is 0.151. The Morgan fingerprint density at radius 2 is 1.18 bits per heavy atom. The zero-order valence-corrected chi connectivity index (χ0v) is 20.7. The predicted molar refractivity (Wildman–Crippen MR) is 147 cm³/mol. The van der Waals surface area contributed by atoms with Crippen LogP contribution in [0.15, 0.2) is 102 Å². The summed E-state index contributed by atoms with van der Waals surface area (Å²) in [7, 11) is 0. The molecular weight excluding hydrogens is 464 g/mol. The van der Waals surface area contributed by atoms with E-state index in [1.54, 1.807) is 0 Å². The van der Waals surface area contributed by atoms with Gasteiger partial charge in [0.05, 0.1) is 0 Å². The van der Waals surface area contributed by atoms with Gasteiger partial charge in [-0.15, -0.1) is 0 Å². The number of hydrogen-bond donors (Lipinski definition) is 0. The van der Waals surface area contributed by atoms with Crippen molar-refractivity contribution in [2.45, 2.75) is 26.2 Å². The minimum atomic E-state index is 0.151. The zero-order valence-electron chi connectivity index (χ0n) is 19.1. The first-order valence-corrected chi connectivity index (χ1v) is 12.3. The Balaban J connectivity index is 1.62. The van der Waals surface area contributed by atoms with E-state index in [2.05, 4.69) is 134 Å². The summed E-state index contributed by atoms with van der Waals surface area (Å²) in [6.45, 7) is 6.79. The van der Waals surface area contributed by atoms with Gasteiger partial charge in [0.2, 0.25) is 0 Å². The largest absolute Gasteiger partial charge is 0.0622 e. The molecule has 160 valence electrons. The summed E-state index contributed by atoms with van der Waals surface area (Å²) in [5.41, 5.74) is 6.56. The van der Waals surface area contributed by atoms with E-state index in [9.17, 15) is 0 Å². The van der Waals surface area contributed by atoms with Crippen molar-refractivity contribution >= 4 is 48.2 Å². The second kappa shape index (κ2) is 7.43. The van der Waals surface area contributed by atoms with Crippen molar-refractivity contribution in [3.63, 3.8) is 0 Å². The molecular formula is C32H25Br. The molecule has 0 aliphatic carbocycles. The lowest BCUT2D eigenvalue weighted by molar-refractivity contribution is 0.590. The molecule has 6 aromatic carbocycles. The summed E-state index contributed by atoms with van der Waals surface area (Å²) in [4.78, 5) is 0. The van der Waals surface area contributed by atoms with E-state index in [1.165, 1.54) is 60.1 Å². The van der Waals surface area contributed by atoms with E-state index >= 15 is 0 Å². The molecule has 0 spiro atoms. The second-order valence-electron chi connectivity index (χ2n) is 10.00. The Morgan fingerprint density at radius 3 is 1.82 bits per heavy atom. The molecule has 0 heterocycles. The first kappa shape index (κ1) is 20.4. The molecule has 0 fully saturated rings. The lowest BCUT2D eigenvalue weighted by atomic mass is 9.85. The van der Waals surface area contributed by atoms with Crippen molar-refractivity contribution in [2.75, 3.05) is 0 Å². The summed E-state index contributed by atoms with van der Waals surface area (Å²) in [5, 5.41) is 7.84. The van der Waals surface area contributed by atoms with E-state index in [0.717, 1.165) is 4.47 Å². The molecule has 0 aliphatic heterocycles. The van der Waals surface area contributed by atoms with E-state index in [1.807, 2.05) is 0 Å². The standard InChI is InChI=1S/C32H25Br/c1-32(2,3)25-13-9-21(10-14-25)28-19-29(33)27-16-12-23-18-24(20-7-5-4-6-8-20)17-22-11-15-26(28)31(27)30(22)23/h4-19H,1-3H3. The molecule has 6 rings (SSSR count). The maximum atomic E-state index is 3.89. The number of rotatable bonds is 2. The monoisotopic (exact) mass is 488 g/mol. The molecule has 6 aromatic rings. The Morgan fingerprint density at radius 1 is 0.545 bits per heavy atom. The van der Waals surface area contributed by atoms with Crippen molar-refractivity contribution in [2.24, 2.45) is 0 Å². The van der Waals surface area contributed by atoms with Crippen LogP contribution in [0.1, 0.15) is 26.3 Å². The Hall–Kier alpha value is -3.16. The van der Waals surface area contributed by atoms with Crippen molar-refractivity contribution in [3.05, 3.63) is 107 Å². The molecule has 0 saturated heterocycles. The minimum Gasteiger partial charge on any atom is -0.0622 e. The molecule has 0 aromatic heterocycles. The predicted octanol–water partition coefficient (Wildman–Crippen LogP) is 9.98. The van der Waals surface area contributed by atoms with Gasteiger partial charge in [0.15, 0.2) is 0 Å². The molecule has 0 unspecified atom stereocenters. The number of halogens is 1. The molecule has 0 nitrogen and oxygen atoms in total. The lowest BCUT2D eigenvalue weighted by Crippen LogP contribution is -2.10. The van der Waals surface area contributed by atoms with Gasteiger partial charge in [-0.05, 0) is 83.7 Å². The average molecular weight is 489 g/mol. The van der Waals surface area contributed by atoms with E-state index < -0.39 is 0 Å². The Bertz CT molecular complexity index is 1600. The topological polar surface area (TPSA) is 0 Å². The van der Waals surface area contributed by atoms with Crippen molar-refractivity contribution < 1.29 is 0 Å². The molecule has 0 bridgehead atoms. The highest BCUT2D eigenvalue weighted by molar-refractivity contribution is 9.10. The molecule has 33 heavy (non-hydrogen) atoms. The van der Waals surface area contributed by atoms with Crippen LogP contribution in [0.2, 0.25) is 0 Å². The van der Waals surface area contributed by atoms with Gasteiger partial charge in [-0.3, -0.25) is 0 Å². The van der Waals surface area contributed by atoms with Crippen molar-refractivity contribution in [1.82, 2.24) is 0 Å². The summed E-state index contributed by atoms with van der Waals surface area (Å²) >= 11 is 3.89. The Kier molecular flexibility index (Phi) is 4.61. The van der Waals surface area contributed by atoms with Gasteiger partial charge in [0.25, 0.3) is 0 Å². The fraction of sp³-hybridized carbons (Fsp3) is 0.125. The maximum Gasteiger partial charge on any atom is 0.0260 e. The fourth-order valence-corrected chi connectivity index (χ4v) is 5.62. The van der Waals surface area contributed by atoms with E-state index in [0.29, 0.717) is 0 Å². The highest BCUT2D eigenvalue weighted by Gasteiger charge is 2.17. The highest BCUT2D eigenvalue weighted by atomic mass is 79.9. The molecule has 0 atom stereocenters.